The number of rotatable bonds is 5. The molecular formula is C25H25F2N7O2. The van der Waals surface area contributed by atoms with Crippen molar-refractivity contribution < 1.29 is 18.3 Å². The van der Waals surface area contributed by atoms with Crippen molar-refractivity contribution in [3.05, 3.63) is 66.8 Å². The summed E-state index contributed by atoms with van der Waals surface area (Å²) in [7, 11) is 3.77. The van der Waals surface area contributed by atoms with Gasteiger partial charge in [-0.25, -0.2) is 23.5 Å². The third-order valence-electron chi connectivity index (χ3n) is 6.03. The number of H-pyrrole nitrogens is 1. The summed E-state index contributed by atoms with van der Waals surface area (Å²) in [6.45, 7) is 2.29. The zero-order valence-corrected chi connectivity index (χ0v) is 19.8. The molecule has 4 aromatic rings. The van der Waals surface area contributed by atoms with Crippen LogP contribution in [0.1, 0.15) is 0 Å². The maximum Gasteiger partial charge on any atom is 0.322 e. The molecule has 2 aromatic heterocycles. The quantitative estimate of drug-likeness (QED) is 0.427. The van der Waals surface area contributed by atoms with Crippen LogP contribution in [0.5, 0.6) is 11.5 Å². The van der Waals surface area contributed by atoms with Crippen LogP contribution < -0.4 is 19.9 Å². The zero-order chi connectivity index (χ0) is 25.2. The van der Waals surface area contributed by atoms with Crippen LogP contribution in [-0.2, 0) is 0 Å². The molecule has 3 heterocycles. The predicted octanol–water partition coefficient (Wildman–Crippen LogP) is 4.45. The number of piperazine rings is 1. The molecule has 1 aliphatic rings. The highest BCUT2D eigenvalue weighted by molar-refractivity contribution is 6.01. The molecule has 11 heteroatoms. The molecule has 0 unspecified atom stereocenters. The van der Waals surface area contributed by atoms with E-state index < -0.39 is 11.6 Å². The van der Waals surface area contributed by atoms with E-state index >= 15 is 0 Å². The van der Waals surface area contributed by atoms with Crippen LogP contribution in [0.3, 0.4) is 0 Å². The Morgan fingerprint density at radius 1 is 1.11 bits per heavy atom. The standard InChI is InChI=1S/C25H25F2N7O2/c1-32(2)24-22(14-28-15-30-24)36-18-5-3-17(4-6-18)33-7-9-34(10-8-33)25(35)31-21-13-29-23-19(21)11-16(26)12-20(23)27/h3-6,11-15,29H,7-10H2,1-2H3,(H,31,35). The van der Waals surface area contributed by atoms with Gasteiger partial charge in [-0.05, 0) is 30.3 Å². The first-order valence-corrected chi connectivity index (χ1v) is 11.4. The second-order valence-electron chi connectivity index (χ2n) is 8.62. The van der Waals surface area contributed by atoms with Crippen LogP contribution in [0.15, 0.2) is 55.1 Å². The monoisotopic (exact) mass is 493 g/mol. The Balaban J connectivity index is 1.19. The number of amides is 2. The molecule has 2 aromatic carbocycles. The number of halogens is 2. The molecule has 36 heavy (non-hydrogen) atoms. The second kappa shape index (κ2) is 9.68. The number of hydrogen-bond acceptors (Lipinski definition) is 6. The van der Waals surface area contributed by atoms with Crippen molar-refractivity contribution in [2.75, 3.05) is 55.4 Å². The van der Waals surface area contributed by atoms with E-state index in [1.54, 1.807) is 11.1 Å². The fourth-order valence-corrected chi connectivity index (χ4v) is 4.19. The molecule has 2 amide bonds. The van der Waals surface area contributed by atoms with Gasteiger partial charge in [0, 0.05) is 63.6 Å². The predicted molar refractivity (Wildman–Crippen MR) is 134 cm³/mol. The summed E-state index contributed by atoms with van der Waals surface area (Å²) in [6, 6.07) is 9.40. The van der Waals surface area contributed by atoms with Gasteiger partial charge >= 0.3 is 6.03 Å². The van der Waals surface area contributed by atoms with Crippen molar-refractivity contribution in [3.63, 3.8) is 0 Å². The molecule has 186 valence electrons. The van der Waals surface area contributed by atoms with Crippen LogP contribution in [0.2, 0.25) is 0 Å². The fourth-order valence-electron chi connectivity index (χ4n) is 4.19. The summed E-state index contributed by atoms with van der Waals surface area (Å²) in [5.41, 5.74) is 1.51. The van der Waals surface area contributed by atoms with Gasteiger partial charge in [-0.1, -0.05) is 0 Å². The SMILES string of the molecule is CN(C)c1ncncc1Oc1ccc(N2CCN(C(=O)Nc3c[nH]c4c(F)cc(F)cc34)CC2)cc1. The number of carbonyl (C=O) groups excluding carboxylic acids is 1. The molecule has 0 atom stereocenters. The minimum absolute atomic E-state index is 0.154. The lowest BCUT2D eigenvalue weighted by Crippen LogP contribution is -2.50. The first-order chi connectivity index (χ1) is 17.4. The Kier molecular flexibility index (Phi) is 6.28. The molecule has 1 aliphatic heterocycles. The number of nitrogens with one attached hydrogen (secondary N) is 2. The molecule has 0 aliphatic carbocycles. The Morgan fingerprint density at radius 3 is 2.58 bits per heavy atom. The van der Waals surface area contributed by atoms with E-state index in [9.17, 15) is 13.6 Å². The number of urea groups is 1. The average molecular weight is 494 g/mol. The normalized spacial score (nSPS) is 13.7. The van der Waals surface area contributed by atoms with Gasteiger partial charge in [0.2, 0.25) is 0 Å². The molecule has 5 rings (SSSR count). The van der Waals surface area contributed by atoms with E-state index in [1.165, 1.54) is 18.6 Å². The third-order valence-corrected chi connectivity index (χ3v) is 6.03. The van der Waals surface area contributed by atoms with Gasteiger partial charge in [-0.2, -0.15) is 0 Å². The number of ether oxygens (including phenoxy) is 1. The van der Waals surface area contributed by atoms with E-state index in [0.29, 0.717) is 54.6 Å². The Morgan fingerprint density at radius 2 is 1.86 bits per heavy atom. The molecule has 1 saturated heterocycles. The van der Waals surface area contributed by atoms with E-state index in [0.717, 1.165) is 11.8 Å². The minimum atomic E-state index is -0.703. The first-order valence-electron chi connectivity index (χ1n) is 11.4. The van der Waals surface area contributed by atoms with Gasteiger partial charge in [-0.3, -0.25) is 0 Å². The van der Waals surface area contributed by atoms with Crippen LogP contribution >= 0.6 is 0 Å². The van der Waals surface area contributed by atoms with E-state index in [2.05, 4.69) is 25.2 Å². The summed E-state index contributed by atoms with van der Waals surface area (Å²) in [4.78, 5) is 29.5. The largest absolute Gasteiger partial charge is 0.452 e. The maximum atomic E-state index is 13.9. The highest BCUT2D eigenvalue weighted by Crippen LogP contribution is 2.30. The Labute approximate surface area is 206 Å². The fraction of sp³-hybridized carbons (Fsp3) is 0.240. The van der Waals surface area contributed by atoms with Gasteiger partial charge < -0.3 is 29.7 Å². The number of aromatic nitrogens is 3. The molecule has 2 N–H and O–H groups in total. The van der Waals surface area contributed by atoms with Crippen molar-refractivity contribution in [1.82, 2.24) is 19.9 Å². The highest BCUT2D eigenvalue weighted by atomic mass is 19.1. The molecule has 9 nitrogen and oxygen atoms in total. The van der Waals surface area contributed by atoms with E-state index in [-0.39, 0.29) is 11.5 Å². The van der Waals surface area contributed by atoms with Gasteiger partial charge in [0.25, 0.3) is 0 Å². The summed E-state index contributed by atoms with van der Waals surface area (Å²) < 4.78 is 33.5. The van der Waals surface area contributed by atoms with E-state index in [1.807, 2.05) is 43.3 Å². The first kappa shape index (κ1) is 23.3. The lowest BCUT2D eigenvalue weighted by atomic mass is 10.2. The molecule has 0 spiro atoms. The van der Waals surface area contributed by atoms with Crippen LogP contribution in [0, 0.1) is 11.6 Å². The van der Waals surface area contributed by atoms with Crippen LogP contribution in [-0.4, -0.2) is 66.2 Å². The van der Waals surface area contributed by atoms with Crippen molar-refractivity contribution in [2.24, 2.45) is 0 Å². The molecule has 0 saturated carbocycles. The summed E-state index contributed by atoms with van der Waals surface area (Å²) in [5.74, 6) is 0.518. The minimum Gasteiger partial charge on any atom is -0.452 e. The number of hydrogen-bond donors (Lipinski definition) is 2. The summed E-state index contributed by atoms with van der Waals surface area (Å²) in [6.07, 6.45) is 4.57. The molecule has 0 bridgehead atoms. The number of nitrogens with zero attached hydrogens (tertiary/aromatic N) is 5. The number of carbonyl (C=O) groups is 1. The average Bonchev–Trinajstić information content (AvgIpc) is 3.27. The van der Waals surface area contributed by atoms with Gasteiger partial charge in [0.05, 0.1) is 17.4 Å². The van der Waals surface area contributed by atoms with Crippen molar-refractivity contribution in [2.45, 2.75) is 0 Å². The lowest BCUT2D eigenvalue weighted by Gasteiger charge is -2.36. The Bertz CT molecular complexity index is 1380. The van der Waals surface area contributed by atoms with Crippen molar-refractivity contribution >= 4 is 34.1 Å². The Hall–Kier alpha value is -4.41. The van der Waals surface area contributed by atoms with Gasteiger partial charge in [0.1, 0.15) is 23.7 Å². The summed E-state index contributed by atoms with van der Waals surface area (Å²) >= 11 is 0. The number of benzene rings is 2. The van der Waals surface area contributed by atoms with Crippen LogP contribution in [0.25, 0.3) is 10.9 Å². The van der Waals surface area contributed by atoms with E-state index in [4.69, 9.17) is 4.74 Å². The number of anilines is 3. The van der Waals surface area contributed by atoms with Gasteiger partial charge in [0.15, 0.2) is 11.6 Å². The second-order valence-corrected chi connectivity index (χ2v) is 8.62. The lowest BCUT2D eigenvalue weighted by molar-refractivity contribution is 0.208. The zero-order valence-electron chi connectivity index (χ0n) is 19.8. The smallest absolute Gasteiger partial charge is 0.322 e. The molecule has 1 fully saturated rings. The molecule has 0 radical (unpaired) electrons. The number of aromatic amines is 1. The summed E-state index contributed by atoms with van der Waals surface area (Å²) in [5, 5.41) is 3.05. The topological polar surface area (TPSA) is 89.6 Å². The van der Waals surface area contributed by atoms with Crippen molar-refractivity contribution in [3.8, 4) is 11.5 Å². The van der Waals surface area contributed by atoms with Gasteiger partial charge in [-0.15, -0.1) is 0 Å². The highest BCUT2D eigenvalue weighted by Gasteiger charge is 2.23. The number of fused-ring (bicyclic) bond motifs is 1. The third kappa shape index (κ3) is 4.72. The molecular weight excluding hydrogens is 468 g/mol. The van der Waals surface area contributed by atoms with Crippen molar-refractivity contribution in [1.29, 1.82) is 0 Å². The maximum absolute atomic E-state index is 13.9. The van der Waals surface area contributed by atoms with Crippen LogP contribution in [0.4, 0.5) is 30.8 Å².